The molecule has 0 heterocycles. The van der Waals surface area contributed by atoms with Crippen LogP contribution in [-0.2, 0) is 4.74 Å². The second kappa shape index (κ2) is 7.67. The second-order valence-electron chi connectivity index (χ2n) is 3.94. The van der Waals surface area contributed by atoms with Crippen molar-refractivity contribution in [1.29, 1.82) is 0 Å². The Kier molecular flexibility index (Phi) is 6.16. The molecule has 0 saturated carbocycles. The molecule has 0 fully saturated rings. The SMILES string of the molecule is CC.COC(c1ccccc1)c1ccc(C)cc1. The van der Waals surface area contributed by atoms with E-state index < -0.39 is 0 Å². The van der Waals surface area contributed by atoms with Crippen LogP contribution in [0.15, 0.2) is 54.6 Å². The molecule has 1 unspecified atom stereocenters. The zero-order chi connectivity index (χ0) is 13.4. The van der Waals surface area contributed by atoms with Crippen molar-refractivity contribution in [2.75, 3.05) is 7.11 Å². The first kappa shape index (κ1) is 14.5. The van der Waals surface area contributed by atoms with Crippen LogP contribution in [0.25, 0.3) is 0 Å². The number of hydrogen-bond acceptors (Lipinski definition) is 1. The summed E-state index contributed by atoms with van der Waals surface area (Å²) in [5.74, 6) is 0. The van der Waals surface area contributed by atoms with Gasteiger partial charge in [0.2, 0.25) is 0 Å². The molecule has 2 aromatic carbocycles. The predicted molar refractivity (Wildman–Crippen MR) is 77.8 cm³/mol. The fourth-order valence-corrected chi connectivity index (χ4v) is 1.83. The molecule has 0 aliphatic heterocycles. The molecule has 0 amide bonds. The minimum Gasteiger partial charge on any atom is -0.372 e. The summed E-state index contributed by atoms with van der Waals surface area (Å²) in [6, 6.07) is 18.8. The van der Waals surface area contributed by atoms with Crippen molar-refractivity contribution in [3.05, 3.63) is 71.3 Å². The van der Waals surface area contributed by atoms with Crippen molar-refractivity contribution in [3.8, 4) is 0 Å². The normalized spacial score (nSPS) is 11.3. The lowest BCUT2D eigenvalue weighted by Crippen LogP contribution is -2.02. The fraction of sp³-hybridized carbons (Fsp3) is 0.294. The number of aryl methyl sites for hydroxylation is 1. The van der Waals surface area contributed by atoms with Crippen LogP contribution in [-0.4, -0.2) is 7.11 Å². The maximum atomic E-state index is 5.56. The van der Waals surface area contributed by atoms with Gasteiger partial charge in [0.15, 0.2) is 0 Å². The highest BCUT2D eigenvalue weighted by Gasteiger charge is 2.11. The summed E-state index contributed by atoms with van der Waals surface area (Å²) in [4.78, 5) is 0. The van der Waals surface area contributed by atoms with Crippen molar-refractivity contribution in [2.24, 2.45) is 0 Å². The first-order chi connectivity index (χ1) is 8.81. The number of benzene rings is 2. The van der Waals surface area contributed by atoms with E-state index in [9.17, 15) is 0 Å². The monoisotopic (exact) mass is 242 g/mol. The van der Waals surface area contributed by atoms with Crippen LogP contribution in [0.2, 0.25) is 0 Å². The first-order valence-corrected chi connectivity index (χ1v) is 6.45. The van der Waals surface area contributed by atoms with Gasteiger partial charge in [0.05, 0.1) is 0 Å². The Morgan fingerprint density at radius 1 is 0.778 bits per heavy atom. The molecule has 0 spiro atoms. The lowest BCUT2D eigenvalue weighted by Gasteiger charge is -2.16. The van der Waals surface area contributed by atoms with Gasteiger partial charge in [-0.15, -0.1) is 0 Å². The van der Waals surface area contributed by atoms with Crippen molar-refractivity contribution in [2.45, 2.75) is 26.9 Å². The van der Waals surface area contributed by atoms with E-state index in [-0.39, 0.29) is 6.10 Å². The molecular formula is C17H22O. The average molecular weight is 242 g/mol. The summed E-state index contributed by atoms with van der Waals surface area (Å²) in [5, 5.41) is 0. The van der Waals surface area contributed by atoms with Gasteiger partial charge in [-0.05, 0) is 18.1 Å². The Morgan fingerprint density at radius 3 is 1.78 bits per heavy atom. The highest BCUT2D eigenvalue weighted by Crippen LogP contribution is 2.25. The van der Waals surface area contributed by atoms with Crippen molar-refractivity contribution >= 4 is 0 Å². The molecule has 1 nitrogen and oxygen atoms in total. The fourth-order valence-electron chi connectivity index (χ4n) is 1.83. The maximum Gasteiger partial charge on any atom is 0.107 e. The smallest absolute Gasteiger partial charge is 0.107 e. The number of methoxy groups -OCH3 is 1. The minimum atomic E-state index is 0.0294. The van der Waals surface area contributed by atoms with E-state index in [1.807, 2.05) is 32.0 Å². The Bertz CT molecular complexity index is 431. The third kappa shape index (κ3) is 3.71. The number of hydrogen-bond donors (Lipinski definition) is 0. The number of rotatable bonds is 3. The molecule has 0 aliphatic rings. The van der Waals surface area contributed by atoms with E-state index in [2.05, 4.69) is 43.3 Å². The van der Waals surface area contributed by atoms with Gasteiger partial charge in [-0.3, -0.25) is 0 Å². The maximum absolute atomic E-state index is 5.56. The standard InChI is InChI=1S/C15H16O.C2H6/c1-12-8-10-14(11-9-12)15(16-2)13-6-4-3-5-7-13;1-2/h3-11,15H,1-2H3;1-2H3. The predicted octanol–water partition coefficient (Wildman–Crippen LogP) is 4.76. The summed E-state index contributed by atoms with van der Waals surface area (Å²) in [5.41, 5.74) is 3.65. The summed E-state index contributed by atoms with van der Waals surface area (Å²) in [6.45, 7) is 6.09. The van der Waals surface area contributed by atoms with E-state index in [0.29, 0.717) is 0 Å². The van der Waals surface area contributed by atoms with Gasteiger partial charge in [-0.1, -0.05) is 74.0 Å². The summed E-state index contributed by atoms with van der Waals surface area (Å²) >= 11 is 0. The molecule has 0 radical (unpaired) electrons. The second-order valence-corrected chi connectivity index (χ2v) is 3.94. The van der Waals surface area contributed by atoms with Crippen LogP contribution in [0.5, 0.6) is 0 Å². The van der Waals surface area contributed by atoms with E-state index in [1.165, 1.54) is 16.7 Å². The molecule has 2 rings (SSSR count). The van der Waals surface area contributed by atoms with Crippen LogP contribution in [0, 0.1) is 6.92 Å². The van der Waals surface area contributed by atoms with Crippen LogP contribution in [0.3, 0.4) is 0 Å². The van der Waals surface area contributed by atoms with E-state index in [1.54, 1.807) is 7.11 Å². The van der Waals surface area contributed by atoms with Gasteiger partial charge in [0.1, 0.15) is 6.10 Å². The van der Waals surface area contributed by atoms with Gasteiger partial charge in [-0.25, -0.2) is 0 Å². The molecule has 96 valence electrons. The van der Waals surface area contributed by atoms with E-state index in [4.69, 9.17) is 4.74 Å². The highest BCUT2D eigenvalue weighted by atomic mass is 16.5. The van der Waals surface area contributed by atoms with Crippen LogP contribution < -0.4 is 0 Å². The summed E-state index contributed by atoms with van der Waals surface area (Å²) < 4.78 is 5.56. The molecule has 0 N–H and O–H groups in total. The molecule has 0 saturated heterocycles. The largest absolute Gasteiger partial charge is 0.372 e. The van der Waals surface area contributed by atoms with Crippen molar-refractivity contribution in [3.63, 3.8) is 0 Å². The molecule has 2 aromatic rings. The average Bonchev–Trinajstić information content (AvgIpc) is 2.45. The highest BCUT2D eigenvalue weighted by molar-refractivity contribution is 5.31. The molecular weight excluding hydrogens is 220 g/mol. The molecule has 1 heteroatoms. The zero-order valence-electron chi connectivity index (χ0n) is 11.7. The Morgan fingerprint density at radius 2 is 1.28 bits per heavy atom. The van der Waals surface area contributed by atoms with Gasteiger partial charge >= 0.3 is 0 Å². The van der Waals surface area contributed by atoms with Gasteiger partial charge in [-0.2, -0.15) is 0 Å². The number of ether oxygens (including phenoxy) is 1. The lowest BCUT2D eigenvalue weighted by atomic mass is 10.0. The van der Waals surface area contributed by atoms with Crippen molar-refractivity contribution < 1.29 is 4.74 Å². The Hall–Kier alpha value is -1.60. The molecule has 0 aromatic heterocycles. The third-order valence-electron chi connectivity index (χ3n) is 2.72. The van der Waals surface area contributed by atoms with Crippen LogP contribution >= 0.6 is 0 Å². The third-order valence-corrected chi connectivity index (χ3v) is 2.72. The van der Waals surface area contributed by atoms with Gasteiger partial charge in [0.25, 0.3) is 0 Å². The Labute approximate surface area is 110 Å². The summed E-state index contributed by atoms with van der Waals surface area (Å²) in [7, 11) is 1.75. The van der Waals surface area contributed by atoms with Crippen LogP contribution in [0.1, 0.15) is 36.6 Å². The molecule has 1 atom stereocenters. The van der Waals surface area contributed by atoms with Gasteiger partial charge < -0.3 is 4.74 Å². The van der Waals surface area contributed by atoms with E-state index in [0.717, 1.165) is 0 Å². The zero-order valence-corrected chi connectivity index (χ0v) is 11.7. The van der Waals surface area contributed by atoms with Crippen LogP contribution in [0.4, 0.5) is 0 Å². The topological polar surface area (TPSA) is 9.23 Å². The molecule has 0 aliphatic carbocycles. The Balaban J connectivity index is 0.000000771. The first-order valence-electron chi connectivity index (χ1n) is 6.45. The van der Waals surface area contributed by atoms with Crippen molar-refractivity contribution in [1.82, 2.24) is 0 Å². The van der Waals surface area contributed by atoms with E-state index >= 15 is 0 Å². The molecule has 18 heavy (non-hydrogen) atoms. The lowest BCUT2D eigenvalue weighted by molar-refractivity contribution is 0.136. The quantitative estimate of drug-likeness (QED) is 0.754. The minimum absolute atomic E-state index is 0.0294. The molecule has 0 bridgehead atoms. The van der Waals surface area contributed by atoms with Gasteiger partial charge in [0, 0.05) is 7.11 Å². The summed E-state index contributed by atoms with van der Waals surface area (Å²) in [6.07, 6.45) is 0.0294.